The Morgan fingerprint density at radius 3 is 2.61 bits per heavy atom. The standard InChI is InChI=1S/C22H30N4O2/c1-22(2,3)28-21(27)26-12-10-17(15-26)20-13-19(23-24-20)16-9-11-25(14-16)18-7-5-4-6-8-18/h4-8,13,16-17H,9-12,14-15H2,1-3H3,(H,23,24). The average molecular weight is 383 g/mol. The van der Waals surface area contributed by atoms with Crippen molar-refractivity contribution in [1.29, 1.82) is 0 Å². The van der Waals surface area contributed by atoms with Gasteiger partial charge in [-0.15, -0.1) is 0 Å². The summed E-state index contributed by atoms with van der Waals surface area (Å²) in [4.78, 5) is 16.5. The molecule has 0 spiro atoms. The normalized spacial score (nSPS) is 22.7. The van der Waals surface area contributed by atoms with Crippen LogP contribution in [-0.2, 0) is 4.74 Å². The number of para-hydroxylation sites is 1. The number of nitrogens with one attached hydrogen (secondary N) is 1. The number of ether oxygens (including phenoxy) is 1. The summed E-state index contributed by atoms with van der Waals surface area (Å²) in [5, 5.41) is 7.85. The van der Waals surface area contributed by atoms with Crippen LogP contribution in [0.15, 0.2) is 36.4 Å². The number of H-pyrrole nitrogens is 1. The van der Waals surface area contributed by atoms with Crippen LogP contribution in [0.25, 0.3) is 0 Å². The van der Waals surface area contributed by atoms with Gasteiger partial charge in [-0.3, -0.25) is 5.10 Å². The number of aromatic amines is 1. The van der Waals surface area contributed by atoms with Crippen molar-refractivity contribution in [3.8, 4) is 0 Å². The van der Waals surface area contributed by atoms with Crippen molar-refractivity contribution in [1.82, 2.24) is 15.1 Å². The van der Waals surface area contributed by atoms with Crippen LogP contribution in [0.3, 0.4) is 0 Å². The van der Waals surface area contributed by atoms with Gasteiger partial charge >= 0.3 is 6.09 Å². The maximum atomic E-state index is 12.3. The number of anilines is 1. The van der Waals surface area contributed by atoms with E-state index in [-0.39, 0.29) is 6.09 Å². The maximum Gasteiger partial charge on any atom is 0.410 e. The Bertz CT molecular complexity index is 811. The highest BCUT2D eigenvalue weighted by Gasteiger charge is 2.32. The first-order chi connectivity index (χ1) is 13.4. The minimum Gasteiger partial charge on any atom is -0.444 e. The molecular formula is C22H30N4O2. The van der Waals surface area contributed by atoms with Gasteiger partial charge in [0.2, 0.25) is 0 Å². The lowest BCUT2D eigenvalue weighted by molar-refractivity contribution is 0.0292. The lowest BCUT2D eigenvalue weighted by atomic mass is 10.0. The lowest BCUT2D eigenvalue weighted by Gasteiger charge is -2.24. The third-order valence-corrected chi connectivity index (χ3v) is 5.63. The Morgan fingerprint density at radius 2 is 1.86 bits per heavy atom. The zero-order chi connectivity index (χ0) is 19.7. The summed E-state index contributed by atoms with van der Waals surface area (Å²) in [5.41, 5.74) is 3.11. The van der Waals surface area contributed by atoms with Crippen LogP contribution in [0.1, 0.15) is 56.8 Å². The highest BCUT2D eigenvalue weighted by molar-refractivity contribution is 5.68. The van der Waals surface area contributed by atoms with E-state index in [2.05, 4.69) is 51.5 Å². The molecule has 4 rings (SSSR count). The van der Waals surface area contributed by atoms with E-state index < -0.39 is 5.60 Å². The average Bonchev–Trinajstić information content (AvgIpc) is 3.39. The SMILES string of the molecule is CC(C)(C)OC(=O)N1CCC(c2cc(C3CCN(c4ccccc4)C3)n[nH]2)C1. The zero-order valence-electron chi connectivity index (χ0n) is 17.0. The fourth-order valence-corrected chi connectivity index (χ4v) is 4.15. The number of amides is 1. The molecule has 2 unspecified atom stereocenters. The summed E-state index contributed by atoms with van der Waals surface area (Å²) in [6.07, 6.45) is 1.85. The predicted molar refractivity (Wildman–Crippen MR) is 110 cm³/mol. The molecule has 28 heavy (non-hydrogen) atoms. The van der Waals surface area contributed by atoms with E-state index in [0.29, 0.717) is 18.4 Å². The van der Waals surface area contributed by atoms with Crippen molar-refractivity contribution in [3.05, 3.63) is 47.8 Å². The molecule has 150 valence electrons. The van der Waals surface area contributed by atoms with E-state index in [1.165, 1.54) is 5.69 Å². The smallest absolute Gasteiger partial charge is 0.410 e. The molecule has 6 heteroatoms. The molecule has 6 nitrogen and oxygen atoms in total. The molecule has 0 saturated carbocycles. The molecule has 3 heterocycles. The number of likely N-dealkylation sites (tertiary alicyclic amines) is 1. The highest BCUT2D eigenvalue weighted by Crippen LogP contribution is 2.33. The highest BCUT2D eigenvalue weighted by atomic mass is 16.6. The Hall–Kier alpha value is -2.50. The molecule has 0 aliphatic carbocycles. The number of benzene rings is 1. The van der Waals surface area contributed by atoms with Gasteiger partial charge < -0.3 is 14.5 Å². The van der Waals surface area contributed by atoms with Gasteiger partial charge in [-0.1, -0.05) is 18.2 Å². The Balaban J connectivity index is 1.36. The minimum absolute atomic E-state index is 0.218. The molecule has 2 fully saturated rings. The predicted octanol–water partition coefficient (Wildman–Crippen LogP) is 4.13. The molecule has 2 aromatic rings. The first-order valence-corrected chi connectivity index (χ1v) is 10.2. The Kier molecular flexibility index (Phi) is 5.04. The van der Waals surface area contributed by atoms with Crippen LogP contribution in [0.4, 0.5) is 10.5 Å². The topological polar surface area (TPSA) is 61.5 Å². The van der Waals surface area contributed by atoms with E-state index in [1.54, 1.807) is 0 Å². The van der Waals surface area contributed by atoms with Crippen molar-refractivity contribution < 1.29 is 9.53 Å². The second-order valence-electron chi connectivity index (χ2n) is 8.93. The molecule has 2 aliphatic rings. The Morgan fingerprint density at radius 1 is 1.11 bits per heavy atom. The van der Waals surface area contributed by atoms with Gasteiger partial charge in [-0.2, -0.15) is 5.10 Å². The monoisotopic (exact) mass is 382 g/mol. The van der Waals surface area contributed by atoms with E-state index in [4.69, 9.17) is 4.74 Å². The number of carbonyl (C=O) groups is 1. The van der Waals surface area contributed by atoms with Crippen molar-refractivity contribution in [2.75, 3.05) is 31.1 Å². The van der Waals surface area contributed by atoms with E-state index in [0.717, 1.165) is 43.9 Å². The fourth-order valence-electron chi connectivity index (χ4n) is 4.15. The largest absolute Gasteiger partial charge is 0.444 e. The second-order valence-corrected chi connectivity index (χ2v) is 8.93. The molecular weight excluding hydrogens is 352 g/mol. The van der Waals surface area contributed by atoms with Crippen LogP contribution in [0.2, 0.25) is 0 Å². The fraction of sp³-hybridized carbons (Fsp3) is 0.545. The second kappa shape index (κ2) is 7.49. The summed E-state index contributed by atoms with van der Waals surface area (Å²) >= 11 is 0. The number of carbonyl (C=O) groups excluding carboxylic acids is 1. The van der Waals surface area contributed by atoms with Gasteiger partial charge in [0.15, 0.2) is 0 Å². The van der Waals surface area contributed by atoms with Gasteiger partial charge in [0, 0.05) is 49.4 Å². The van der Waals surface area contributed by atoms with Crippen molar-refractivity contribution >= 4 is 11.8 Å². The van der Waals surface area contributed by atoms with E-state index >= 15 is 0 Å². The van der Waals surface area contributed by atoms with Gasteiger partial charge in [0.1, 0.15) is 5.60 Å². The van der Waals surface area contributed by atoms with Crippen LogP contribution in [-0.4, -0.2) is 53.0 Å². The quantitative estimate of drug-likeness (QED) is 0.867. The van der Waals surface area contributed by atoms with Gasteiger partial charge in [0.25, 0.3) is 0 Å². The third kappa shape index (κ3) is 4.16. The van der Waals surface area contributed by atoms with Crippen molar-refractivity contribution in [2.24, 2.45) is 0 Å². The van der Waals surface area contributed by atoms with Crippen LogP contribution in [0, 0.1) is 0 Å². The van der Waals surface area contributed by atoms with Gasteiger partial charge in [-0.05, 0) is 51.8 Å². The maximum absolute atomic E-state index is 12.3. The molecule has 1 amide bonds. The molecule has 1 aromatic carbocycles. The number of nitrogens with zero attached hydrogens (tertiary/aromatic N) is 3. The van der Waals surface area contributed by atoms with Crippen LogP contribution in [0.5, 0.6) is 0 Å². The molecule has 2 saturated heterocycles. The van der Waals surface area contributed by atoms with E-state index in [9.17, 15) is 4.79 Å². The van der Waals surface area contributed by atoms with Crippen molar-refractivity contribution in [2.45, 2.75) is 51.0 Å². The molecule has 0 bridgehead atoms. The Labute approximate surface area is 166 Å². The number of rotatable bonds is 3. The molecule has 1 N–H and O–H groups in total. The van der Waals surface area contributed by atoms with Crippen LogP contribution < -0.4 is 4.90 Å². The molecule has 2 aliphatic heterocycles. The summed E-state index contributed by atoms with van der Waals surface area (Å²) < 4.78 is 5.50. The first kappa shape index (κ1) is 18.8. The summed E-state index contributed by atoms with van der Waals surface area (Å²) in [6, 6.07) is 12.8. The summed E-state index contributed by atoms with van der Waals surface area (Å²) in [6.45, 7) is 9.20. The van der Waals surface area contributed by atoms with Gasteiger partial charge in [-0.25, -0.2) is 4.79 Å². The van der Waals surface area contributed by atoms with Crippen molar-refractivity contribution in [3.63, 3.8) is 0 Å². The number of hydrogen-bond acceptors (Lipinski definition) is 4. The number of aromatic nitrogens is 2. The lowest BCUT2D eigenvalue weighted by Crippen LogP contribution is -2.35. The summed E-state index contributed by atoms with van der Waals surface area (Å²) in [7, 11) is 0. The first-order valence-electron chi connectivity index (χ1n) is 10.2. The minimum atomic E-state index is -0.455. The molecule has 2 atom stereocenters. The zero-order valence-corrected chi connectivity index (χ0v) is 17.0. The molecule has 0 radical (unpaired) electrons. The number of hydrogen-bond donors (Lipinski definition) is 1. The van der Waals surface area contributed by atoms with Gasteiger partial charge in [0.05, 0.1) is 5.69 Å². The van der Waals surface area contributed by atoms with Crippen LogP contribution >= 0.6 is 0 Å². The van der Waals surface area contributed by atoms with E-state index in [1.807, 2.05) is 25.7 Å². The molecule has 1 aromatic heterocycles. The summed E-state index contributed by atoms with van der Waals surface area (Å²) in [5.74, 6) is 0.758. The third-order valence-electron chi connectivity index (χ3n) is 5.63.